The maximum atomic E-state index is 5.64. The molecular weight excluding hydrogens is 208 g/mol. The van der Waals surface area contributed by atoms with E-state index in [1.165, 1.54) is 18.5 Å². The lowest BCUT2D eigenvalue weighted by Gasteiger charge is -2.22. The van der Waals surface area contributed by atoms with Gasteiger partial charge in [-0.05, 0) is 24.1 Å². The first-order valence-corrected chi connectivity index (χ1v) is 5.06. The number of nitrogen functional groups attached to an aromatic ring is 1. The third kappa shape index (κ3) is 3.57. The fourth-order valence-electron chi connectivity index (χ4n) is 1.71. The summed E-state index contributed by atoms with van der Waals surface area (Å²) >= 11 is 0. The quantitative estimate of drug-likeness (QED) is 0.618. The van der Waals surface area contributed by atoms with Crippen molar-refractivity contribution in [1.82, 2.24) is 4.90 Å². The van der Waals surface area contributed by atoms with Crippen LogP contribution in [0.3, 0.4) is 0 Å². The third-order valence-electron chi connectivity index (χ3n) is 2.53. The van der Waals surface area contributed by atoms with Crippen LogP contribution in [0.25, 0.3) is 0 Å². The van der Waals surface area contributed by atoms with Crippen LogP contribution in [0.15, 0.2) is 36.4 Å². The summed E-state index contributed by atoms with van der Waals surface area (Å²) in [6, 6.07) is 8.14. The first-order chi connectivity index (χ1) is 6.84. The zero-order valence-electron chi connectivity index (χ0n) is 8.73. The number of nitrogens with zero attached hydrogens (tertiary/aromatic N) is 1. The Morgan fingerprint density at radius 3 is 2.47 bits per heavy atom. The standard InChI is InChI=1S/C12H16N2.ClH/c13-12-6-4-11(5-7-12)10-14-8-2-1-3-9-14;/h1-2,4-7H,3,8-10,13H2;1H. The molecule has 1 aromatic carbocycles. The van der Waals surface area contributed by atoms with Crippen molar-refractivity contribution in [2.75, 3.05) is 18.8 Å². The van der Waals surface area contributed by atoms with Crippen molar-refractivity contribution in [2.24, 2.45) is 0 Å². The van der Waals surface area contributed by atoms with Crippen molar-refractivity contribution in [2.45, 2.75) is 13.0 Å². The van der Waals surface area contributed by atoms with Crippen LogP contribution in [0.5, 0.6) is 0 Å². The maximum Gasteiger partial charge on any atom is 0.0314 e. The van der Waals surface area contributed by atoms with Gasteiger partial charge in [-0.2, -0.15) is 0 Å². The minimum Gasteiger partial charge on any atom is -0.399 e. The van der Waals surface area contributed by atoms with E-state index in [9.17, 15) is 0 Å². The van der Waals surface area contributed by atoms with Gasteiger partial charge in [0, 0.05) is 25.3 Å². The van der Waals surface area contributed by atoms with Crippen LogP contribution in [0.4, 0.5) is 5.69 Å². The van der Waals surface area contributed by atoms with E-state index in [2.05, 4.69) is 29.2 Å². The molecule has 0 fully saturated rings. The van der Waals surface area contributed by atoms with Crippen molar-refractivity contribution < 1.29 is 0 Å². The van der Waals surface area contributed by atoms with E-state index in [1.54, 1.807) is 0 Å². The average molecular weight is 225 g/mol. The molecule has 0 aromatic heterocycles. The number of halogens is 1. The predicted octanol–water partition coefficient (Wildman–Crippen LogP) is 2.45. The Morgan fingerprint density at radius 1 is 1.13 bits per heavy atom. The molecule has 0 aliphatic carbocycles. The number of hydrogen-bond donors (Lipinski definition) is 1. The molecule has 0 spiro atoms. The minimum absolute atomic E-state index is 0. The molecule has 1 aliphatic heterocycles. The highest BCUT2D eigenvalue weighted by molar-refractivity contribution is 5.85. The Kier molecular flexibility index (Phi) is 4.66. The Bertz CT molecular complexity index is 319. The molecule has 1 heterocycles. The highest BCUT2D eigenvalue weighted by atomic mass is 35.5. The Morgan fingerprint density at radius 2 is 1.87 bits per heavy atom. The Hall–Kier alpha value is -0.990. The summed E-state index contributed by atoms with van der Waals surface area (Å²) in [6.07, 6.45) is 5.66. The SMILES string of the molecule is Cl.Nc1ccc(CN2CC=CCC2)cc1. The van der Waals surface area contributed by atoms with E-state index in [-0.39, 0.29) is 12.4 Å². The van der Waals surface area contributed by atoms with Crippen LogP contribution < -0.4 is 5.73 Å². The second kappa shape index (κ2) is 5.79. The van der Waals surface area contributed by atoms with Crippen LogP contribution in [0, 0.1) is 0 Å². The first kappa shape index (κ1) is 12.1. The minimum atomic E-state index is 0. The summed E-state index contributed by atoms with van der Waals surface area (Å²) in [5.74, 6) is 0. The van der Waals surface area contributed by atoms with Crippen molar-refractivity contribution in [3.8, 4) is 0 Å². The van der Waals surface area contributed by atoms with Gasteiger partial charge in [0.05, 0.1) is 0 Å². The highest BCUT2D eigenvalue weighted by Crippen LogP contribution is 2.10. The fourth-order valence-corrected chi connectivity index (χ4v) is 1.71. The van der Waals surface area contributed by atoms with E-state index in [1.807, 2.05) is 12.1 Å². The van der Waals surface area contributed by atoms with Crippen molar-refractivity contribution >= 4 is 18.1 Å². The van der Waals surface area contributed by atoms with Gasteiger partial charge in [0.2, 0.25) is 0 Å². The number of benzene rings is 1. The average Bonchev–Trinajstić information content (AvgIpc) is 2.23. The van der Waals surface area contributed by atoms with Gasteiger partial charge in [-0.3, -0.25) is 4.90 Å². The summed E-state index contributed by atoms with van der Waals surface area (Å²) in [7, 11) is 0. The van der Waals surface area contributed by atoms with Gasteiger partial charge in [0.25, 0.3) is 0 Å². The zero-order valence-corrected chi connectivity index (χ0v) is 9.54. The molecule has 82 valence electrons. The molecule has 0 amide bonds. The summed E-state index contributed by atoms with van der Waals surface area (Å²) < 4.78 is 0. The molecule has 0 unspecified atom stereocenters. The number of rotatable bonds is 2. The Balaban J connectivity index is 0.00000112. The number of hydrogen-bond acceptors (Lipinski definition) is 2. The molecule has 2 rings (SSSR count). The lowest BCUT2D eigenvalue weighted by molar-refractivity contribution is 0.291. The van der Waals surface area contributed by atoms with Gasteiger partial charge in [0.1, 0.15) is 0 Å². The lowest BCUT2D eigenvalue weighted by Crippen LogP contribution is -2.26. The normalized spacial score (nSPS) is 16.0. The lowest BCUT2D eigenvalue weighted by atomic mass is 10.1. The number of anilines is 1. The maximum absolute atomic E-state index is 5.64. The van der Waals surface area contributed by atoms with E-state index in [0.29, 0.717) is 0 Å². The van der Waals surface area contributed by atoms with E-state index in [4.69, 9.17) is 5.73 Å². The van der Waals surface area contributed by atoms with E-state index >= 15 is 0 Å². The monoisotopic (exact) mass is 224 g/mol. The van der Waals surface area contributed by atoms with Crippen LogP contribution in [-0.4, -0.2) is 18.0 Å². The van der Waals surface area contributed by atoms with E-state index in [0.717, 1.165) is 18.8 Å². The molecule has 1 aliphatic rings. The molecule has 2 N–H and O–H groups in total. The molecule has 1 aromatic rings. The Labute approximate surface area is 97.2 Å². The smallest absolute Gasteiger partial charge is 0.0314 e. The summed E-state index contributed by atoms with van der Waals surface area (Å²) in [5.41, 5.74) is 7.82. The van der Waals surface area contributed by atoms with Crippen LogP contribution in [-0.2, 0) is 6.54 Å². The fraction of sp³-hybridized carbons (Fsp3) is 0.333. The molecule has 15 heavy (non-hydrogen) atoms. The molecule has 0 saturated heterocycles. The molecular formula is C12H17ClN2. The molecule has 0 atom stereocenters. The number of nitrogens with two attached hydrogens (primary N) is 1. The van der Waals surface area contributed by atoms with Gasteiger partial charge < -0.3 is 5.73 Å². The highest BCUT2D eigenvalue weighted by Gasteiger charge is 2.05. The van der Waals surface area contributed by atoms with Gasteiger partial charge in [-0.1, -0.05) is 24.3 Å². The van der Waals surface area contributed by atoms with Crippen LogP contribution in [0.1, 0.15) is 12.0 Å². The molecule has 3 heteroatoms. The van der Waals surface area contributed by atoms with Crippen molar-refractivity contribution in [1.29, 1.82) is 0 Å². The molecule has 0 bridgehead atoms. The zero-order chi connectivity index (χ0) is 9.80. The van der Waals surface area contributed by atoms with Crippen molar-refractivity contribution in [3.05, 3.63) is 42.0 Å². The van der Waals surface area contributed by atoms with Crippen molar-refractivity contribution in [3.63, 3.8) is 0 Å². The van der Waals surface area contributed by atoms with E-state index < -0.39 is 0 Å². The summed E-state index contributed by atoms with van der Waals surface area (Å²) in [4.78, 5) is 2.44. The summed E-state index contributed by atoms with van der Waals surface area (Å²) in [5, 5.41) is 0. The molecule has 0 radical (unpaired) electrons. The topological polar surface area (TPSA) is 29.3 Å². The largest absolute Gasteiger partial charge is 0.399 e. The first-order valence-electron chi connectivity index (χ1n) is 5.06. The van der Waals surface area contributed by atoms with Crippen LogP contribution in [0.2, 0.25) is 0 Å². The summed E-state index contributed by atoms with van der Waals surface area (Å²) in [6.45, 7) is 3.27. The predicted molar refractivity (Wildman–Crippen MR) is 67.1 cm³/mol. The van der Waals surface area contributed by atoms with Gasteiger partial charge >= 0.3 is 0 Å². The second-order valence-electron chi connectivity index (χ2n) is 3.74. The second-order valence-corrected chi connectivity index (χ2v) is 3.74. The van der Waals surface area contributed by atoms with Gasteiger partial charge in [-0.25, -0.2) is 0 Å². The van der Waals surface area contributed by atoms with Gasteiger partial charge in [0.15, 0.2) is 0 Å². The van der Waals surface area contributed by atoms with Gasteiger partial charge in [-0.15, -0.1) is 12.4 Å². The third-order valence-corrected chi connectivity index (χ3v) is 2.53. The molecule has 2 nitrogen and oxygen atoms in total. The van der Waals surface area contributed by atoms with Crippen LogP contribution >= 0.6 is 12.4 Å². The molecule has 0 saturated carbocycles.